The lowest BCUT2D eigenvalue weighted by atomic mass is 9.85. The van der Waals surface area contributed by atoms with E-state index in [0.717, 1.165) is 9.87 Å². The number of rotatable bonds is 5. The SMILES string of the molecule is CC(C)n1cc(S(=O)(=O)N2C[C@H](c3ccccc3)[C@H]2C(=O)O)cn1. The lowest BCUT2D eigenvalue weighted by molar-refractivity contribution is -0.146. The van der Waals surface area contributed by atoms with Gasteiger partial charge in [-0.05, 0) is 19.4 Å². The van der Waals surface area contributed by atoms with Crippen LogP contribution in [0.15, 0.2) is 47.6 Å². The molecule has 1 aromatic heterocycles. The highest BCUT2D eigenvalue weighted by atomic mass is 32.2. The van der Waals surface area contributed by atoms with Gasteiger partial charge >= 0.3 is 5.97 Å². The van der Waals surface area contributed by atoms with Gasteiger partial charge in [0.05, 0.1) is 6.20 Å². The summed E-state index contributed by atoms with van der Waals surface area (Å²) in [4.78, 5) is 11.7. The third-order valence-electron chi connectivity index (χ3n) is 4.26. The van der Waals surface area contributed by atoms with E-state index in [1.165, 1.54) is 17.1 Å². The highest BCUT2D eigenvalue weighted by Crippen LogP contribution is 2.38. The molecule has 128 valence electrons. The predicted octanol–water partition coefficient (Wildman–Crippen LogP) is 1.71. The summed E-state index contributed by atoms with van der Waals surface area (Å²) < 4.78 is 28.1. The molecule has 2 atom stereocenters. The van der Waals surface area contributed by atoms with Gasteiger partial charge in [0.1, 0.15) is 10.9 Å². The van der Waals surface area contributed by atoms with Gasteiger partial charge in [0.2, 0.25) is 10.0 Å². The summed E-state index contributed by atoms with van der Waals surface area (Å²) >= 11 is 0. The van der Waals surface area contributed by atoms with Gasteiger partial charge in [-0.2, -0.15) is 9.40 Å². The van der Waals surface area contributed by atoms with Gasteiger partial charge in [0, 0.05) is 24.7 Å². The van der Waals surface area contributed by atoms with Crippen LogP contribution in [0.25, 0.3) is 0 Å². The summed E-state index contributed by atoms with van der Waals surface area (Å²) in [6.07, 6.45) is 2.71. The lowest BCUT2D eigenvalue weighted by Crippen LogP contribution is -2.60. The fourth-order valence-electron chi connectivity index (χ4n) is 2.87. The Morgan fingerprint density at radius 2 is 1.96 bits per heavy atom. The van der Waals surface area contributed by atoms with Gasteiger partial charge in [-0.25, -0.2) is 8.42 Å². The van der Waals surface area contributed by atoms with Crippen molar-refractivity contribution in [2.45, 2.75) is 36.7 Å². The number of aromatic nitrogens is 2. The Kier molecular flexibility index (Phi) is 4.18. The second-order valence-electron chi connectivity index (χ2n) is 6.12. The van der Waals surface area contributed by atoms with Crippen molar-refractivity contribution in [2.24, 2.45) is 0 Å². The van der Waals surface area contributed by atoms with Crippen LogP contribution < -0.4 is 0 Å². The van der Waals surface area contributed by atoms with E-state index in [9.17, 15) is 18.3 Å². The summed E-state index contributed by atoms with van der Waals surface area (Å²) in [5, 5.41) is 13.5. The van der Waals surface area contributed by atoms with Crippen molar-refractivity contribution in [3.8, 4) is 0 Å². The van der Waals surface area contributed by atoms with Crippen LogP contribution in [0.2, 0.25) is 0 Å². The van der Waals surface area contributed by atoms with Crippen molar-refractivity contribution >= 4 is 16.0 Å². The quantitative estimate of drug-likeness (QED) is 0.887. The molecule has 2 heterocycles. The van der Waals surface area contributed by atoms with Crippen molar-refractivity contribution < 1.29 is 18.3 Å². The lowest BCUT2D eigenvalue weighted by Gasteiger charge is -2.44. The van der Waals surface area contributed by atoms with Crippen LogP contribution in [0.1, 0.15) is 31.4 Å². The van der Waals surface area contributed by atoms with Crippen molar-refractivity contribution in [1.82, 2.24) is 14.1 Å². The number of hydrogen-bond acceptors (Lipinski definition) is 4. The van der Waals surface area contributed by atoms with Crippen LogP contribution in [0.3, 0.4) is 0 Å². The highest BCUT2D eigenvalue weighted by Gasteiger charge is 2.51. The molecule has 3 rings (SSSR count). The summed E-state index contributed by atoms with van der Waals surface area (Å²) in [5.41, 5.74) is 0.828. The van der Waals surface area contributed by atoms with Crippen LogP contribution in [-0.2, 0) is 14.8 Å². The zero-order valence-electron chi connectivity index (χ0n) is 13.4. The molecule has 1 fully saturated rings. The molecule has 1 aromatic carbocycles. The molecular weight excluding hydrogens is 330 g/mol. The summed E-state index contributed by atoms with van der Waals surface area (Å²) in [5.74, 6) is -1.49. The van der Waals surface area contributed by atoms with Crippen molar-refractivity contribution in [1.29, 1.82) is 0 Å². The van der Waals surface area contributed by atoms with Crippen molar-refractivity contribution in [3.63, 3.8) is 0 Å². The predicted molar refractivity (Wildman–Crippen MR) is 87.1 cm³/mol. The number of carboxylic acids is 1. The molecule has 2 aromatic rings. The maximum absolute atomic E-state index is 12.8. The van der Waals surface area contributed by atoms with E-state index in [2.05, 4.69) is 5.10 Å². The average molecular weight is 349 g/mol. The van der Waals surface area contributed by atoms with Gasteiger partial charge in [0.15, 0.2) is 0 Å². The zero-order valence-corrected chi connectivity index (χ0v) is 14.2. The molecule has 24 heavy (non-hydrogen) atoms. The van der Waals surface area contributed by atoms with E-state index in [1.807, 2.05) is 44.2 Å². The highest BCUT2D eigenvalue weighted by molar-refractivity contribution is 7.89. The van der Waals surface area contributed by atoms with Gasteiger partial charge in [-0.1, -0.05) is 30.3 Å². The zero-order chi connectivity index (χ0) is 17.5. The third kappa shape index (κ3) is 2.71. The Morgan fingerprint density at radius 1 is 1.29 bits per heavy atom. The third-order valence-corrected chi connectivity index (χ3v) is 6.06. The molecule has 0 amide bonds. The molecular formula is C16H19N3O4S. The van der Waals surface area contributed by atoms with Gasteiger partial charge in [0.25, 0.3) is 0 Å². The maximum atomic E-state index is 12.8. The van der Waals surface area contributed by atoms with E-state index in [4.69, 9.17) is 0 Å². The summed E-state index contributed by atoms with van der Waals surface area (Å²) in [6.45, 7) is 3.92. The molecule has 1 aliphatic heterocycles. The summed E-state index contributed by atoms with van der Waals surface area (Å²) in [6, 6.07) is 8.04. The number of sulfonamides is 1. The molecule has 1 saturated heterocycles. The molecule has 8 heteroatoms. The van der Waals surface area contributed by atoms with E-state index < -0.39 is 22.0 Å². The summed E-state index contributed by atoms with van der Waals surface area (Å²) in [7, 11) is -3.88. The molecule has 0 radical (unpaired) electrons. The van der Waals surface area contributed by atoms with E-state index >= 15 is 0 Å². The van der Waals surface area contributed by atoms with Gasteiger partial charge in [-0.3, -0.25) is 9.48 Å². The second-order valence-corrected chi connectivity index (χ2v) is 8.02. The Balaban J connectivity index is 1.90. The number of hydrogen-bond donors (Lipinski definition) is 1. The molecule has 0 unspecified atom stereocenters. The first-order chi connectivity index (χ1) is 11.3. The topological polar surface area (TPSA) is 92.5 Å². The van der Waals surface area contributed by atoms with Crippen LogP contribution in [0.5, 0.6) is 0 Å². The standard InChI is InChI=1S/C16H19N3O4S/c1-11(2)18-9-13(8-17-18)24(22,23)19-10-14(15(19)16(20)21)12-6-4-3-5-7-12/h3-9,11,14-15H,10H2,1-2H3,(H,20,21)/t14-,15+/m1/s1. The van der Waals surface area contributed by atoms with Crippen LogP contribution >= 0.6 is 0 Å². The van der Waals surface area contributed by atoms with Gasteiger partial charge < -0.3 is 5.11 Å². The van der Waals surface area contributed by atoms with Crippen LogP contribution in [0.4, 0.5) is 0 Å². The number of carboxylic acid groups (broad SMARTS) is 1. The fourth-order valence-corrected chi connectivity index (χ4v) is 4.46. The van der Waals surface area contributed by atoms with Crippen LogP contribution in [-0.4, -0.2) is 46.2 Å². The molecule has 0 bridgehead atoms. The molecule has 1 N–H and O–H groups in total. The number of aliphatic carboxylic acids is 1. The van der Waals surface area contributed by atoms with Crippen LogP contribution in [0, 0.1) is 0 Å². The molecule has 0 aliphatic carbocycles. The van der Waals surface area contributed by atoms with E-state index in [1.54, 1.807) is 0 Å². The fraction of sp³-hybridized carbons (Fsp3) is 0.375. The Hall–Kier alpha value is -2.19. The first-order valence-corrected chi connectivity index (χ1v) is 9.10. The number of nitrogens with zero attached hydrogens (tertiary/aromatic N) is 3. The Bertz CT molecular complexity index is 845. The number of carbonyl (C=O) groups is 1. The second kappa shape index (κ2) is 6.03. The van der Waals surface area contributed by atoms with Gasteiger partial charge in [-0.15, -0.1) is 0 Å². The monoisotopic (exact) mass is 349 g/mol. The smallest absolute Gasteiger partial charge is 0.322 e. The molecule has 0 saturated carbocycles. The Labute approximate surface area is 140 Å². The average Bonchev–Trinajstić information content (AvgIpc) is 2.97. The molecule has 7 nitrogen and oxygen atoms in total. The first kappa shape index (κ1) is 16.7. The Morgan fingerprint density at radius 3 is 2.50 bits per heavy atom. The maximum Gasteiger partial charge on any atom is 0.322 e. The molecule has 1 aliphatic rings. The van der Waals surface area contributed by atoms with Crippen molar-refractivity contribution in [3.05, 3.63) is 48.3 Å². The molecule has 0 spiro atoms. The minimum atomic E-state index is -3.88. The van der Waals surface area contributed by atoms with Crippen molar-refractivity contribution in [2.75, 3.05) is 6.54 Å². The van der Waals surface area contributed by atoms with E-state index in [0.29, 0.717) is 0 Å². The minimum absolute atomic E-state index is 0.0222. The minimum Gasteiger partial charge on any atom is -0.480 e. The largest absolute Gasteiger partial charge is 0.480 e. The normalized spacial score (nSPS) is 21.6. The first-order valence-electron chi connectivity index (χ1n) is 7.66. The van der Waals surface area contributed by atoms with E-state index in [-0.39, 0.29) is 23.4 Å². The number of benzene rings is 1.